The van der Waals surface area contributed by atoms with Crippen LogP contribution >= 0.6 is 0 Å². The quantitative estimate of drug-likeness (QED) is 0.910. The van der Waals surface area contributed by atoms with Crippen molar-refractivity contribution >= 4 is 11.9 Å². The van der Waals surface area contributed by atoms with Gasteiger partial charge in [-0.05, 0) is 39.7 Å². The van der Waals surface area contributed by atoms with E-state index in [-0.39, 0.29) is 24.6 Å². The van der Waals surface area contributed by atoms with Crippen molar-refractivity contribution in [3.63, 3.8) is 0 Å². The Morgan fingerprint density at radius 2 is 2.04 bits per heavy atom. The van der Waals surface area contributed by atoms with Gasteiger partial charge in [0.05, 0.1) is 18.7 Å². The minimum Gasteiger partial charge on any atom is -0.479 e. The van der Waals surface area contributed by atoms with Crippen LogP contribution in [-0.2, 0) is 15.1 Å². The van der Waals surface area contributed by atoms with Crippen LogP contribution in [0.5, 0.6) is 0 Å². The number of carbonyl (C=O) groups is 2. The summed E-state index contributed by atoms with van der Waals surface area (Å²) in [5.74, 6) is -0.773. The molecule has 2 heterocycles. The van der Waals surface area contributed by atoms with Gasteiger partial charge in [-0.1, -0.05) is 0 Å². The third kappa shape index (κ3) is 3.24. The average molecular weight is 321 g/mol. The van der Waals surface area contributed by atoms with Gasteiger partial charge in [-0.25, -0.2) is 4.79 Å². The van der Waals surface area contributed by atoms with Gasteiger partial charge in [-0.3, -0.25) is 9.48 Å². The molecule has 0 aromatic carbocycles. The first-order valence-electron chi connectivity index (χ1n) is 8.01. The molecule has 1 saturated carbocycles. The van der Waals surface area contributed by atoms with E-state index in [1.807, 2.05) is 10.7 Å². The van der Waals surface area contributed by atoms with Gasteiger partial charge in [0.25, 0.3) is 5.91 Å². The number of ether oxygens (including phenoxy) is 1. The lowest BCUT2D eigenvalue weighted by Crippen LogP contribution is -2.48. The molecule has 0 radical (unpaired) electrons. The van der Waals surface area contributed by atoms with Gasteiger partial charge in [0.2, 0.25) is 0 Å². The minimum absolute atomic E-state index is 0.0648. The van der Waals surface area contributed by atoms with E-state index in [0.29, 0.717) is 18.2 Å². The van der Waals surface area contributed by atoms with Gasteiger partial charge in [-0.15, -0.1) is 0 Å². The molecule has 1 aromatic heterocycles. The van der Waals surface area contributed by atoms with Crippen molar-refractivity contribution in [3.8, 4) is 0 Å². The number of aliphatic carboxylic acids is 1. The number of amides is 1. The molecule has 1 aromatic rings. The summed E-state index contributed by atoms with van der Waals surface area (Å²) in [4.78, 5) is 25.3. The Balaban J connectivity index is 1.83. The van der Waals surface area contributed by atoms with Gasteiger partial charge in [0, 0.05) is 18.2 Å². The lowest BCUT2D eigenvalue weighted by atomic mass is 10.1. The highest BCUT2D eigenvalue weighted by molar-refractivity contribution is 5.93. The van der Waals surface area contributed by atoms with Crippen LogP contribution in [0.2, 0.25) is 0 Å². The standard InChI is InChI=1S/C16H23N3O4/c1-16(2,3)19-12(10-4-5-10)8-11(17-19)14(20)18-6-7-23-13(9-18)15(21)22/h8,10,13H,4-7,9H2,1-3H3,(H,21,22). The molecule has 1 saturated heterocycles. The van der Waals surface area contributed by atoms with E-state index in [0.717, 1.165) is 18.5 Å². The minimum atomic E-state index is -1.04. The maximum Gasteiger partial charge on any atom is 0.334 e. The Hall–Kier alpha value is -1.89. The molecule has 7 nitrogen and oxygen atoms in total. The molecule has 1 atom stereocenters. The Labute approximate surface area is 135 Å². The van der Waals surface area contributed by atoms with E-state index in [4.69, 9.17) is 9.84 Å². The molecule has 1 aliphatic heterocycles. The third-order valence-corrected chi connectivity index (χ3v) is 4.22. The van der Waals surface area contributed by atoms with Crippen LogP contribution in [-0.4, -0.2) is 57.5 Å². The number of aromatic nitrogens is 2. The fourth-order valence-corrected chi connectivity index (χ4v) is 2.85. The normalized spacial score (nSPS) is 22.2. The largest absolute Gasteiger partial charge is 0.479 e. The van der Waals surface area contributed by atoms with E-state index in [1.54, 1.807) is 0 Å². The van der Waals surface area contributed by atoms with Crippen molar-refractivity contribution < 1.29 is 19.4 Å². The van der Waals surface area contributed by atoms with Crippen molar-refractivity contribution in [1.29, 1.82) is 0 Å². The fourth-order valence-electron chi connectivity index (χ4n) is 2.85. The summed E-state index contributed by atoms with van der Waals surface area (Å²) in [6, 6.07) is 1.87. The van der Waals surface area contributed by atoms with Crippen LogP contribution in [0.1, 0.15) is 55.7 Å². The van der Waals surface area contributed by atoms with Crippen molar-refractivity contribution in [2.45, 2.75) is 51.2 Å². The van der Waals surface area contributed by atoms with Crippen LogP contribution in [0.25, 0.3) is 0 Å². The lowest BCUT2D eigenvalue weighted by Gasteiger charge is -2.30. The van der Waals surface area contributed by atoms with E-state index in [9.17, 15) is 9.59 Å². The smallest absolute Gasteiger partial charge is 0.334 e. The molecule has 2 fully saturated rings. The first kappa shape index (κ1) is 16.0. The number of hydrogen-bond acceptors (Lipinski definition) is 4. The fraction of sp³-hybridized carbons (Fsp3) is 0.688. The van der Waals surface area contributed by atoms with Crippen LogP contribution in [0, 0.1) is 0 Å². The maximum absolute atomic E-state index is 12.7. The molecule has 0 bridgehead atoms. The van der Waals surface area contributed by atoms with Crippen LogP contribution < -0.4 is 0 Å². The number of nitrogens with zero attached hydrogens (tertiary/aromatic N) is 3. The number of hydrogen-bond donors (Lipinski definition) is 1. The molecule has 3 rings (SSSR count). The molecule has 0 spiro atoms. The van der Waals surface area contributed by atoms with Gasteiger partial charge < -0.3 is 14.7 Å². The first-order chi connectivity index (χ1) is 10.8. The Morgan fingerprint density at radius 3 is 2.61 bits per heavy atom. The second-order valence-electron chi connectivity index (χ2n) is 7.26. The van der Waals surface area contributed by atoms with Crippen LogP contribution in [0.3, 0.4) is 0 Å². The molecule has 1 N–H and O–H groups in total. The Kier molecular flexibility index (Phi) is 3.91. The molecule has 1 amide bonds. The molecular formula is C16H23N3O4. The topological polar surface area (TPSA) is 84.7 Å². The van der Waals surface area contributed by atoms with Crippen molar-refractivity contribution in [1.82, 2.24) is 14.7 Å². The SMILES string of the molecule is CC(C)(C)n1nc(C(=O)N2CCOC(C(=O)O)C2)cc1C1CC1. The van der Waals surface area contributed by atoms with E-state index in [1.165, 1.54) is 4.90 Å². The molecule has 1 aliphatic carbocycles. The summed E-state index contributed by atoms with van der Waals surface area (Å²) in [5, 5.41) is 13.6. The number of morpholine rings is 1. The zero-order valence-corrected chi connectivity index (χ0v) is 13.8. The highest BCUT2D eigenvalue weighted by atomic mass is 16.5. The molecule has 7 heteroatoms. The molecule has 126 valence electrons. The summed E-state index contributed by atoms with van der Waals surface area (Å²) in [6.45, 7) is 6.89. The number of carboxylic acids is 1. The van der Waals surface area contributed by atoms with E-state index < -0.39 is 12.1 Å². The third-order valence-electron chi connectivity index (χ3n) is 4.22. The maximum atomic E-state index is 12.7. The highest BCUT2D eigenvalue weighted by Gasteiger charge is 2.35. The number of carboxylic acid groups (broad SMARTS) is 1. The number of carbonyl (C=O) groups excluding carboxylic acids is 1. The molecule has 23 heavy (non-hydrogen) atoms. The Morgan fingerprint density at radius 1 is 1.35 bits per heavy atom. The average Bonchev–Trinajstić information content (AvgIpc) is 3.23. The molecular weight excluding hydrogens is 298 g/mol. The molecule has 1 unspecified atom stereocenters. The van der Waals surface area contributed by atoms with E-state index >= 15 is 0 Å². The lowest BCUT2D eigenvalue weighted by molar-refractivity contribution is -0.154. The first-order valence-corrected chi connectivity index (χ1v) is 8.01. The number of rotatable bonds is 3. The second kappa shape index (κ2) is 5.63. The summed E-state index contributed by atoms with van der Waals surface area (Å²) in [5.41, 5.74) is 1.31. The summed E-state index contributed by atoms with van der Waals surface area (Å²) in [6.07, 6.45) is 1.31. The summed E-state index contributed by atoms with van der Waals surface area (Å²) < 4.78 is 7.11. The van der Waals surface area contributed by atoms with Crippen molar-refractivity contribution in [2.75, 3.05) is 19.7 Å². The van der Waals surface area contributed by atoms with Gasteiger partial charge in [0.15, 0.2) is 11.8 Å². The monoisotopic (exact) mass is 321 g/mol. The predicted octanol–water partition coefficient (Wildman–Crippen LogP) is 1.44. The van der Waals surface area contributed by atoms with Crippen molar-refractivity contribution in [3.05, 3.63) is 17.5 Å². The molecule has 2 aliphatic rings. The zero-order valence-electron chi connectivity index (χ0n) is 13.8. The summed E-state index contributed by atoms with van der Waals surface area (Å²) in [7, 11) is 0. The zero-order chi connectivity index (χ0) is 16.8. The van der Waals surface area contributed by atoms with Crippen LogP contribution in [0.4, 0.5) is 0 Å². The van der Waals surface area contributed by atoms with Crippen LogP contribution in [0.15, 0.2) is 6.07 Å². The van der Waals surface area contributed by atoms with Gasteiger partial charge >= 0.3 is 5.97 Å². The van der Waals surface area contributed by atoms with Gasteiger partial charge in [0.1, 0.15) is 0 Å². The highest BCUT2D eigenvalue weighted by Crippen LogP contribution is 2.41. The summed E-state index contributed by atoms with van der Waals surface area (Å²) >= 11 is 0. The second-order valence-corrected chi connectivity index (χ2v) is 7.26. The van der Waals surface area contributed by atoms with E-state index in [2.05, 4.69) is 25.9 Å². The Bertz CT molecular complexity index is 628. The van der Waals surface area contributed by atoms with Crippen molar-refractivity contribution in [2.24, 2.45) is 0 Å². The predicted molar refractivity (Wildman–Crippen MR) is 82.5 cm³/mol. The van der Waals surface area contributed by atoms with Gasteiger partial charge in [-0.2, -0.15) is 5.10 Å².